The van der Waals surface area contributed by atoms with Gasteiger partial charge in [-0.25, -0.2) is 4.39 Å². The molecule has 0 aromatic heterocycles. The molecule has 0 radical (unpaired) electrons. The molecular formula is C11H14FNO. The van der Waals surface area contributed by atoms with Gasteiger partial charge in [-0.1, -0.05) is 0 Å². The van der Waals surface area contributed by atoms with Crippen LogP contribution in [0.25, 0.3) is 0 Å². The Morgan fingerprint density at radius 1 is 1.21 bits per heavy atom. The van der Waals surface area contributed by atoms with Gasteiger partial charge in [-0.05, 0) is 45.0 Å². The van der Waals surface area contributed by atoms with Crippen molar-refractivity contribution in [1.29, 1.82) is 0 Å². The Morgan fingerprint density at radius 3 is 2.14 bits per heavy atom. The highest BCUT2D eigenvalue weighted by Crippen LogP contribution is 2.05. The first-order valence-corrected chi connectivity index (χ1v) is 4.46. The van der Waals surface area contributed by atoms with E-state index in [-0.39, 0.29) is 17.3 Å². The zero-order chi connectivity index (χ0) is 10.8. The molecule has 0 saturated carbocycles. The monoisotopic (exact) mass is 195 g/mol. The minimum atomic E-state index is -0.336. The van der Waals surface area contributed by atoms with Gasteiger partial charge in [-0.15, -0.1) is 0 Å². The minimum absolute atomic E-state index is 0.183. The average Bonchev–Trinajstić information content (AvgIpc) is 2.02. The van der Waals surface area contributed by atoms with Crippen LogP contribution in [0.3, 0.4) is 0 Å². The molecule has 1 N–H and O–H groups in total. The maximum absolute atomic E-state index is 12.6. The number of halogens is 1. The summed E-state index contributed by atoms with van der Waals surface area (Å²) in [5.74, 6) is -0.519. The molecule has 2 nitrogen and oxygen atoms in total. The smallest absolute Gasteiger partial charge is 0.251 e. The van der Waals surface area contributed by atoms with E-state index in [1.165, 1.54) is 24.3 Å². The van der Waals surface area contributed by atoms with Gasteiger partial charge in [0.2, 0.25) is 0 Å². The van der Waals surface area contributed by atoms with Gasteiger partial charge in [0, 0.05) is 11.1 Å². The lowest BCUT2D eigenvalue weighted by atomic mass is 10.1. The second-order valence-corrected chi connectivity index (χ2v) is 4.21. The van der Waals surface area contributed by atoms with Crippen molar-refractivity contribution >= 4 is 5.91 Å². The van der Waals surface area contributed by atoms with Gasteiger partial charge in [0.25, 0.3) is 5.91 Å². The molecule has 76 valence electrons. The molecule has 0 fully saturated rings. The van der Waals surface area contributed by atoms with E-state index in [4.69, 9.17) is 0 Å². The van der Waals surface area contributed by atoms with E-state index in [1.807, 2.05) is 20.8 Å². The number of carbonyl (C=O) groups is 1. The summed E-state index contributed by atoms with van der Waals surface area (Å²) in [5, 5.41) is 2.79. The van der Waals surface area contributed by atoms with E-state index < -0.39 is 0 Å². The van der Waals surface area contributed by atoms with Crippen LogP contribution in [0.15, 0.2) is 24.3 Å². The lowest BCUT2D eigenvalue weighted by Gasteiger charge is -2.20. The molecule has 0 saturated heterocycles. The first-order chi connectivity index (χ1) is 6.38. The molecule has 0 unspecified atom stereocenters. The Hall–Kier alpha value is -1.38. The van der Waals surface area contributed by atoms with E-state index in [9.17, 15) is 9.18 Å². The summed E-state index contributed by atoms with van der Waals surface area (Å²) < 4.78 is 12.6. The van der Waals surface area contributed by atoms with Crippen molar-refractivity contribution in [1.82, 2.24) is 5.32 Å². The average molecular weight is 195 g/mol. The molecule has 0 bridgehead atoms. The summed E-state index contributed by atoms with van der Waals surface area (Å²) >= 11 is 0. The molecule has 3 heteroatoms. The molecular weight excluding hydrogens is 181 g/mol. The van der Waals surface area contributed by atoms with Crippen LogP contribution in [0.4, 0.5) is 4.39 Å². The number of amides is 1. The van der Waals surface area contributed by atoms with Gasteiger partial charge in [-0.3, -0.25) is 4.79 Å². The van der Waals surface area contributed by atoms with Crippen LogP contribution in [-0.2, 0) is 0 Å². The Labute approximate surface area is 83.1 Å². The van der Waals surface area contributed by atoms with Crippen LogP contribution in [-0.4, -0.2) is 11.4 Å². The topological polar surface area (TPSA) is 29.1 Å². The van der Waals surface area contributed by atoms with Crippen molar-refractivity contribution in [2.45, 2.75) is 26.3 Å². The number of hydrogen-bond acceptors (Lipinski definition) is 1. The van der Waals surface area contributed by atoms with Crippen molar-refractivity contribution in [3.63, 3.8) is 0 Å². The number of nitrogens with one attached hydrogen (secondary N) is 1. The predicted octanol–water partition coefficient (Wildman–Crippen LogP) is 2.35. The maximum atomic E-state index is 12.6. The summed E-state index contributed by atoms with van der Waals surface area (Å²) in [6.45, 7) is 5.69. The lowest BCUT2D eigenvalue weighted by molar-refractivity contribution is 0.0919. The third kappa shape index (κ3) is 3.17. The number of carbonyl (C=O) groups excluding carboxylic acids is 1. The molecule has 14 heavy (non-hydrogen) atoms. The number of rotatable bonds is 1. The van der Waals surface area contributed by atoms with Crippen LogP contribution in [0.2, 0.25) is 0 Å². The van der Waals surface area contributed by atoms with E-state index in [0.29, 0.717) is 5.56 Å². The second kappa shape index (κ2) is 3.78. The van der Waals surface area contributed by atoms with Crippen molar-refractivity contribution in [3.8, 4) is 0 Å². The summed E-state index contributed by atoms with van der Waals surface area (Å²) in [4.78, 5) is 11.5. The van der Waals surface area contributed by atoms with E-state index >= 15 is 0 Å². The van der Waals surface area contributed by atoms with Crippen molar-refractivity contribution in [3.05, 3.63) is 35.6 Å². The Bertz CT molecular complexity index is 324. The van der Waals surface area contributed by atoms with Crippen LogP contribution in [0.5, 0.6) is 0 Å². The second-order valence-electron chi connectivity index (χ2n) is 4.21. The fourth-order valence-electron chi connectivity index (χ4n) is 1.01. The SMILES string of the molecule is CC(C)(C)NC(=O)c1ccc(F)cc1. The first kappa shape index (κ1) is 10.7. The summed E-state index contributed by atoms with van der Waals surface area (Å²) in [5.41, 5.74) is 0.201. The van der Waals surface area contributed by atoms with Gasteiger partial charge in [-0.2, -0.15) is 0 Å². The number of hydrogen-bond donors (Lipinski definition) is 1. The highest BCUT2D eigenvalue weighted by Gasteiger charge is 2.14. The largest absolute Gasteiger partial charge is 0.347 e. The van der Waals surface area contributed by atoms with E-state index in [2.05, 4.69) is 5.32 Å². The van der Waals surface area contributed by atoms with Gasteiger partial charge in [0.15, 0.2) is 0 Å². The molecule has 0 atom stereocenters. The highest BCUT2D eigenvalue weighted by molar-refractivity contribution is 5.94. The number of benzene rings is 1. The molecule has 0 aliphatic heterocycles. The standard InChI is InChI=1S/C11H14FNO/c1-11(2,3)13-10(14)8-4-6-9(12)7-5-8/h4-7H,1-3H3,(H,13,14). The van der Waals surface area contributed by atoms with Crippen LogP contribution < -0.4 is 5.32 Å². The molecule has 0 heterocycles. The molecule has 1 aromatic carbocycles. The van der Waals surface area contributed by atoms with Crippen molar-refractivity contribution in [2.75, 3.05) is 0 Å². The van der Waals surface area contributed by atoms with Crippen LogP contribution in [0, 0.1) is 5.82 Å². The summed E-state index contributed by atoms with van der Waals surface area (Å²) in [6, 6.07) is 5.49. The molecule has 0 spiro atoms. The maximum Gasteiger partial charge on any atom is 0.251 e. The van der Waals surface area contributed by atoms with Gasteiger partial charge >= 0.3 is 0 Å². The summed E-state index contributed by atoms with van der Waals surface area (Å²) in [6.07, 6.45) is 0. The molecule has 1 amide bonds. The zero-order valence-electron chi connectivity index (χ0n) is 8.60. The van der Waals surface area contributed by atoms with E-state index in [1.54, 1.807) is 0 Å². The quantitative estimate of drug-likeness (QED) is 0.732. The van der Waals surface area contributed by atoms with Crippen molar-refractivity contribution in [2.24, 2.45) is 0 Å². The fourth-order valence-corrected chi connectivity index (χ4v) is 1.01. The third-order valence-electron chi connectivity index (χ3n) is 1.59. The summed E-state index contributed by atoms with van der Waals surface area (Å²) in [7, 11) is 0. The Balaban J connectivity index is 2.76. The Morgan fingerprint density at radius 2 is 1.71 bits per heavy atom. The first-order valence-electron chi connectivity index (χ1n) is 4.46. The molecule has 0 aliphatic rings. The predicted molar refractivity (Wildman–Crippen MR) is 53.6 cm³/mol. The normalized spacial score (nSPS) is 11.1. The fraction of sp³-hybridized carbons (Fsp3) is 0.364. The molecule has 0 aliphatic carbocycles. The van der Waals surface area contributed by atoms with Gasteiger partial charge < -0.3 is 5.32 Å². The van der Waals surface area contributed by atoms with Gasteiger partial charge in [0.05, 0.1) is 0 Å². The van der Waals surface area contributed by atoms with Crippen LogP contribution in [0.1, 0.15) is 31.1 Å². The molecule has 1 rings (SSSR count). The van der Waals surface area contributed by atoms with Crippen molar-refractivity contribution < 1.29 is 9.18 Å². The van der Waals surface area contributed by atoms with Crippen LogP contribution >= 0.6 is 0 Å². The van der Waals surface area contributed by atoms with Gasteiger partial charge in [0.1, 0.15) is 5.82 Å². The van der Waals surface area contributed by atoms with E-state index in [0.717, 1.165) is 0 Å². The zero-order valence-corrected chi connectivity index (χ0v) is 8.60. The Kier molecular flexibility index (Phi) is 2.89. The molecule has 1 aromatic rings. The minimum Gasteiger partial charge on any atom is -0.347 e. The highest BCUT2D eigenvalue weighted by atomic mass is 19.1. The lowest BCUT2D eigenvalue weighted by Crippen LogP contribution is -2.40. The third-order valence-corrected chi connectivity index (χ3v) is 1.59.